The van der Waals surface area contributed by atoms with E-state index in [1.807, 2.05) is 0 Å². The van der Waals surface area contributed by atoms with E-state index in [-0.39, 0.29) is 0 Å². The van der Waals surface area contributed by atoms with Gasteiger partial charge in [-0.3, -0.25) is 0 Å². The minimum atomic E-state index is 0.856. The summed E-state index contributed by atoms with van der Waals surface area (Å²) >= 11 is 0. The number of nitrogens with zero attached hydrogens (tertiary/aromatic N) is 1. The molecule has 0 aliphatic heterocycles. The number of ether oxygens (including phenoxy) is 2. The summed E-state index contributed by atoms with van der Waals surface area (Å²) in [6.45, 7) is 9.62. The van der Waals surface area contributed by atoms with E-state index in [2.05, 4.69) is 11.8 Å². The van der Waals surface area contributed by atoms with Gasteiger partial charge in [0.05, 0.1) is 0 Å². The van der Waals surface area contributed by atoms with Crippen LogP contribution in [0.3, 0.4) is 0 Å². The maximum atomic E-state index is 5.86. The molecule has 2 rings (SSSR count). The maximum Gasteiger partial charge on any atom is 0.0494 e. The lowest BCUT2D eigenvalue weighted by molar-refractivity contribution is 0.0828. The normalized spacial score (nSPS) is 20.1. The molecule has 136 valence electrons. The summed E-state index contributed by atoms with van der Waals surface area (Å²) in [5, 5.41) is 0. The van der Waals surface area contributed by atoms with Crippen molar-refractivity contribution in [1.82, 2.24) is 4.90 Å². The Morgan fingerprint density at radius 2 is 1.17 bits per heavy atom. The fraction of sp³-hybridized carbons (Fsp3) is 1.00. The van der Waals surface area contributed by atoms with Gasteiger partial charge in [-0.15, -0.1) is 0 Å². The Morgan fingerprint density at radius 3 is 1.57 bits per heavy atom. The number of hydrogen-bond donors (Lipinski definition) is 0. The third-order valence-corrected chi connectivity index (χ3v) is 5.63. The van der Waals surface area contributed by atoms with Gasteiger partial charge in [0.15, 0.2) is 0 Å². The molecule has 0 N–H and O–H groups in total. The van der Waals surface area contributed by atoms with Gasteiger partial charge in [0.25, 0.3) is 0 Å². The molecule has 0 saturated heterocycles. The van der Waals surface area contributed by atoms with Crippen molar-refractivity contribution in [3.8, 4) is 0 Å². The third kappa shape index (κ3) is 8.51. The van der Waals surface area contributed by atoms with Crippen molar-refractivity contribution in [2.75, 3.05) is 46.1 Å². The summed E-state index contributed by atoms with van der Waals surface area (Å²) in [6.07, 6.45) is 13.6. The molecule has 23 heavy (non-hydrogen) atoms. The van der Waals surface area contributed by atoms with Crippen LogP contribution in [0.1, 0.15) is 71.1 Å². The van der Waals surface area contributed by atoms with Crippen LogP contribution >= 0.6 is 0 Å². The molecule has 0 spiro atoms. The molecule has 0 aromatic rings. The van der Waals surface area contributed by atoms with E-state index in [4.69, 9.17) is 9.47 Å². The smallest absolute Gasteiger partial charge is 0.0494 e. The second-order valence-electron chi connectivity index (χ2n) is 7.59. The van der Waals surface area contributed by atoms with Crippen LogP contribution in [0.5, 0.6) is 0 Å². The highest BCUT2D eigenvalue weighted by molar-refractivity contribution is 4.67. The van der Waals surface area contributed by atoms with Crippen LogP contribution in [0.4, 0.5) is 0 Å². The first-order valence-corrected chi connectivity index (χ1v) is 10.3. The zero-order valence-corrected chi connectivity index (χ0v) is 15.4. The second kappa shape index (κ2) is 12.3. The first-order valence-electron chi connectivity index (χ1n) is 10.3. The predicted molar refractivity (Wildman–Crippen MR) is 96.9 cm³/mol. The van der Waals surface area contributed by atoms with Crippen LogP contribution in [0.15, 0.2) is 0 Å². The Labute approximate surface area is 144 Å². The van der Waals surface area contributed by atoms with Gasteiger partial charge in [-0.1, -0.05) is 32.6 Å². The molecule has 0 aromatic carbocycles. The van der Waals surface area contributed by atoms with Crippen LogP contribution in [0, 0.1) is 11.8 Å². The van der Waals surface area contributed by atoms with E-state index in [9.17, 15) is 0 Å². The Bertz CT molecular complexity index is 247. The molecule has 2 aliphatic rings. The predicted octanol–water partition coefficient (Wildman–Crippen LogP) is 4.50. The van der Waals surface area contributed by atoms with Crippen molar-refractivity contribution in [2.45, 2.75) is 71.1 Å². The molecule has 0 bridgehead atoms. The van der Waals surface area contributed by atoms with Gasteiger partial charge in [0.1, 0.15) is 0 Å². The monoisotopic (exact) mass is 325 g/mol. The maximum absolute atomic E-state index is 5.86. The average molecular weight is 326 g/mol. The lowest BCUT2D eigenvalue weighted by Crippen LogP contribution is -2.27. The third-order valence-electron chi connectivity index (χ3n) is 5.63. The topological polar surface area (TPSA) is 21.7 Å². The highest BCUT2D eigenvalue weighted by Gasteiger charge is 2.15. The molecule has 0 unspecified atom stereocenters. The summed E-state index contributed by atoms with van der Waals surface area (Å²) in [5.74, 6) is 1.71. The van der Waals surface area contributed by atoms with Crippen molar-refractivity contribution in [3.63, 3.8) is 0 Å². The van der Waals surface area contributed by atoms with Gasteiger partial charge in [-0.25, -0.2) is 0 Å². The van der Waals surface area contributed by atoms with Gasteiger partial charge in [-0.05, 0) is 56.9 Å². The summed E-state index contributed by atoms with van der Waals surface area (Å²) in [5.41, 5.74) is 0. The second-order valence-corrected chi connectivity index (χ2v) is 7.59. The van der Waals surface area contributed by atoms with E-state index in [0.29, 0.717) is 0 Å². The summed E-state index contributed by atoms with van der Waals surface area (Å²) in [4.78, 5) is 2.54. The average Bonchev–Trinajstić information content (AvgIpc) is 3.26. The molecule has 2 aliphatic carbocycles. The molecule has 3 heteroatoms. The quantitative estimate of drug-likeness (QED) is 0.465. The zero-order valence-electron chi connectivity index (χ0n) is 15.4. The Kier molecular flexibility index (Phi) is 10.2. The van der Waals surface area contributed by atoms with E-state index < -0.39 is 0 Å². The lowest BCUT2D eigenvalue weighted by atomic mass is 10.1. The Hall–Kier alpha value is -0.120. The largest absolute Gasteiger partial charge is 0.381 e. The Morgan fingerprint density at radius 1 is 0.739 bits per heavy atom. The van der Waals surface area contributed by atoms with E-state index in [1.54, 1.807) is 0 Å². The fourth-order valence-corrected chi connectivity index (χ4v) is 4.06. The molecule has 0 amide bonds. The first kappa shape index (κ1) is 19.2. The van der Waals surface area contributed by atoms with Crippen molar-refractivity contribution >= 4 is 0 Å². The molecular weight excluding hydrogens is 286 g/mol. The van der Waals surface area contributed by atoms with Gasteiger partial charge >= 0.3 is 0 Å². The van der Waals surface area contributed by atoms with Crippen LogP contribution < -0.4 is 0 Å². The molecule has 2 saturated carbocycles. The van der Waals surface area contributed by atoms with E-state index in [1.165, 1.54) is 77.3 Å². The minimum absolute atomic E-state index is 0.856. The van der Waals surface area contributed by atoms with Crippen molar-refractivity contribution in [1.29, 1.82) is 0 Å². The van der Waals surface area contributed by atoms with Crippen molar-refractivity contribution in [3.05, 3.63) is 0 Å². The van der Waals surface area contributed by atoms with Crippen LogP contribution in [-0.2, 0) is 9.47 Å². The van der Waals surface area contributed by atoms with Gasteiger partial charge in [0.2, 0.25) is 0 Å². The number of rotatable bonds is 13. The molecule has 2 fully saturated rings. The SMILES string of the molecule is CCN(CCCOCC1CCCC1)CCCOCC1CCCC1. The standard InChI is InChI=1S/C20H39NO2/c1-2-21(13-7-15-22-17-19-9-3-4-10-19)14-8-16-23-18-20-11-5-6-12-20/h19-20H,2-18H2,1H3. The lowest BCUT2D eigenvalue weighted by Gasteiger charge is -2.20. The van der Waals surface area contributed by atoms with Crippen molar-refractivity contribution in [2.24, 2.45) is 11.8 Å². The van der Waals surface area contributed by atoms with Gasteiger partial charge in [-0.2, -0.15) is 0 Å². The van der Waals surface area contributed by atoms with E-state index >= 15 is 0 Å². The highest BCUT2D eigenvalue weighted by Crippen LogP contribution is 2.25. The minimum Gasteiger partial charge on any atom is -0.381 e. The van der Waals surface area contributed by atoms with Crippen molar-refractivity contribution < 1.29 is 9.47 Å². The highest BCUT2D eigenvalue weighted by atomic mass is 16.5. The number of hydrogen-bond acceptors (Lipinski definition) is 3. The first-order chi connectivity index (χ1) is 11.4. The van der Waals surface area contributed by atoms with Crippen LogP contribution in [0.2, 0.25) is 0 Å². The molecule has 0 atom stereocenters. The Balaban J connectivity index is 1.38. The summed E-state index contributed by atoms with van der Waals surface area (Å²) < 4.78 is 11.7. The molecule has 0 heterocycles. The zero-order chi connectivity index (χ0) is 16.2. The van der Waals surface area contributed by atoms with Gasteiger partial charge in [0, 0.05) is 39.5 Å². The summed E-state index contributed by atoms with van der Waals surface area (Å²) in [6, 6.07) is 0. The molecule has 0 aromatic heterocycles. The fourth-order valence-electron chi connectivity index (χ4n) is 4.06. The van der Waals surface area contributed by atoms with E-state index in [0.717, 1.165) is 44.8 Å². The van der Waals surface area contributed by atoms with Crippen LogP contribution in [-0.4, -0.2) is 51.0 Å². The molecule has 0 radical (unpaired) electrons. The summed E-state index contributed by atoms with van der Waals surface area (Å²) in [7, 11) is 0. The van der Waals surface area contributed by atoms with Gasteiger partial charge < -0.3 is 14.4 Å². The molecule has 3 nitrogen and oxygen atoms in total. The van der Waals surface area contributed by atoms with Crippen LogP contribution in [0.25, 0.3) is 0 Å². The molecular formula is C20H39NO2.